The lowest BCUT2D eigenvalue weighted by Crippen LogP contribution is -1.73. The molecule has 1 aromatic carbocycles. The van der Waals surface area contributed by atoms with Crippen LogP contribution < -0.4 is 0 Å². The van der Waals surface area contributed by atoms with Gasteiger partial charge in [-0.3, -0.25) is 0 Å². The van der Waals surface area contributed by atoms with Gasteiger partial charge in [0.05, 0.1) is 11.1 Å². The van der Waals surface area contributed by atoms with E-state index in [4.69, 9.17) is 16.9 Å². The zero-order chi connectivity index (χ0) is 10.8. The molecule has 0 atom stereocenters. The standard InChI is InChI=1S/C12H8ClNS/c1-8(7-14)12(13)11-6-9-4-2-3-5-10(9)15-11/h2-6H,1H3/b12-8-. The minimum atomic E-state index is 0.554. The normalized spacial score (nSPS) is 12.3. The summed E-state index contributed by atoms with van der Waals surface area (Å²) in [4.78, 5) is 0.955. The largest absolute Gasteiger partial charge is 0.193 e. The van der Waals surface area contributed by atoms with E-state index in [1.807, 2.05) is 24.3 Å². The lowest BCUT2D eigenvalue weighted by Gasteiger charge is -1.92. The molecule has 1 heterocycles. The Balaban J connectivity index is 2.60. The van der Waals surface area contributed by atoms with E-state index in [-0.39, 0.29) is 0 Å². The van der Waals surface area contributed by atoms with Crippen molar-refractivity contribution >= 4 is 38.1 Å². The monoisotopic (exact) mass is 233 g/mol. The quantitative estimate of drug-likeness (QED) is 0.670. The fourth-order valence-corrected chi connectivity index (χ4v) is 2.59. The van der Waals surface area contributed by atoms with Gasteiger partial charge in [0.1, 0.15) is 0 Å². The first-order chi connectivity index (χ1) is 7.22. The van der Waals surface area contributed by atoms with Crippen molar-refractivity contribution in [1.29, 1.82) is 5.26 Å². The van der Waals surface area contributed by atoms with Gasteiger partial charge < -0.3 is 0 Å². The lowest BCUT2D eigenvalue weighted by molar-refractivity contribution is 1.46. The Morgan fingerprint density at radius 2 is 2.13 bits per heavy atom. The number of hydrogen-bond acceptors (Lipinski definition) is 2. The predicted molar refractivity (Wildman–Crippen MR) is 65.9 cm³/mol. The molecule has 0 unspecified atom stereocenters. The maximum absolute atomic E-state index is 8.75. The van der Waals surface area contributed by atoms with Gasteiger partial charge in [-0.1, -0.05) is 29.8 Å². The van der Waals surface area contributed by atoms with Gasteiger partial charge in [-0.05, 0) is 24.4 Å². The fourth-order valence-electron chi connectivity index (χ4n) is 1.32. The van der Waals surface area contributed by atoms with Crippen LogP contribution in [0.4, 0.5) is 0 Å². The van der Waals surface area contributed by atoms with E-state index >= 15 is 0 Å². The van der Waals surface area contributed by atoms with Gasteiger partial charge >= 0.3 is 0 Å². The molecule has 0 aliphatic rings. The van der Waals surface area contributed by atoms with Gasteiger partial charge in [-0.2, -0.15) is 5.26 Å². The van der Waals surface area contributed by atoms with E-state index in [1.54, 1.807) is 18.3 Å². The van der Waals surface area contributed by atoms with E-state index in [0.717, 1.165) is 4.88 Å². The molecular weight excluding hydrogens is 226 g/mol. The number of allylic oxidation sites excluding steroid dienone is 1. The Bertz CT molecular complexity index is 542. The molecule has 0 saturated carbocycles. The van der Waals surface area contributed by atoms with Crippen molar-refractivity contribution in [2.45, 2.75) is 6.92 Å². The number of nitriles is 1. The van der Waals surface area contributed by atoms with E-state index in [9.17, 15) is 0 Å². The minimum Gasteiger partial charge on any atom is -0.193 e. The Kier molecular flexibility index (Phi) is 2.77. The maximum atomic E-state index is 8.75. The molecule has 0 N–H and O–H groups in total. The van der Waals surface area contributed by atoms with E-state index in [2.05, 4.69) is 12.1 Å². The summed E-state index contributed by atoms with van der Waals surface area (Å²) in [6.45, 7) is 1.73. The molecule has 2 rings (SSSR count). The summed E-state index contributed by atoms with van der Waals surface area (Å²) >= 11 is 7.70. The number of thiophene rings is 1. The summed E-state index contributed by atoms with van der Waals surface area (Å²) in [5.41, 5.74) is 0.559. The van der Waals surface area contributed by atoms with Gasteiger partial charge in [0.2, 0.25) is 0 Å². The average Bonchev–Trinajstić information content (AvgIpc) is 2.70. The van der Waals surface area contributed by atoms with Crippen molar-refractivity contribution in [3.05, 3.63) is 40.8 Å². The van der Waals surface area contributed by atoms with Gasteiger partial charge in [0.25, 0.3) is 0 Å². The molecule has 0 saturated heterocycles. The molecule has 1 nitrogen and oxygen atoms in total. The first kappa shape index (κ1) is 10.2. The lowest BCUT2D eigenvalue weighted by atomic mass is 10.2. The van der Waals surface area contributed by atoms with Crippen molar-refractivity contribution in [3.8, 4) is 6.07 Å². The zero-order valence-corrected chi connectivity index (χ0v) is 9.69. The van der Waals surface area contributed by atoms with E-state index in [0.29, 0.717) is 10.6 Å². The highest BCUT2D eigenvalue weighted by Gasteiger charge is 2.06. The second kappa shape index (κ2) is 4.06. The SMILES string of the molecule is C/C(C#N)=C(/Cl)c1cc2ccccc2s1. The molecule has 3 heteroatoms. The first-order valence-electron chi connectivity index (χ1n) is 4.48. The van der Waals surface area contributed by atoms with Crippen molar-refractivity contribution in [3.63, 3.8) is 0 Å². The van der Waals surface area contributed by atoms with Crippen LogP contribution in [0.15, 0.2) is 35.9 Å². The Morgan fingerprint density at radius 1 is 1.40 bits per heavy atom. The fraction of sp³-hybridized carbons (Fsp3) is 0.0833. The summed E-state index contributed by atoms with van der Waals surface area (Å²) in [5.74, 6) is 0. The third-order valence-electron chi connectivity index (χ3n) is 2.14. The molecule has 0 aliphatic heterocycles. The molecule has 1 aromatic heterocycles. The Hall–Kier alpha value is -1.30. The molecule has 0 bridgehead atoms. The third kappa shape index (κ3) is 1.90. The highest BCUT2D eigenvalue weighted by molar-refractivity contribution is 7.20. The zero-order valence-electron chi connectivity index (χ0n) is 8.12. The van der Waals surface area contributed by atoms with Crippen molar-refractivity contribution in [2.24, 2.45) is 0 Å². The smallest absolute Gasteiger partial charge is 0.0960 e. The van der Waals surface area contributed by atoms with E-state index < -0.39 is 0 Å². The predicted octanol–water partition coefficient (Wildman–Crippen LogP) is 4.39. The second-order valence-corrected chi connectivity index (χ2v) is 4.66. The van der Waals surface area contributed by atoms with Crippen LogP contribution in [0, 0.1) is 11.3 Å². The molecule has 0 amide bonds. The van der Waals surface area contributed by atoms with Crippen LogP contribution in [-0.4, -0.2) is 0 Å². The maximum Gasteiger partial charge on any atom is 0.0960 e. The van der Waals surface area contributed by atoms with Gasteiger partial charge in [-0.25, -0.2) is 0 Å². The molecule has 15 heavy (non-hydrogen) atoms. The van der Waals surface area contributed by atoms with Crippen LogP contribution in [0.1, 0.15) is 11.8 Å². The number of benzene rings is 1. The third-order valence-corrected chi connectivity index (χ3v) is 3.87. The molecule has 2 aromatic rings. The van der Waals surface area contributed by atoms with Crippen LogP contribution >= 0.6 is 22.9 Å². The molecule has 0 radical (unpaired) electrons. The summed E-state index contributed by atoms with van der Waals surface area (Å²) in [6.07, 6.45) is 0. The first-order valence-corrected chi connectivity index (χ1v) is 5.67. The Labute approximate surface area is 97.2 Å². The number of fused-ring (bicyclic) bond motifs is 1. The number of nitrogens with zero attached hydrogens (tertiary/aromatic N) is 1. The summed E-state index contributed by atoms with van der Waals surface area (Å²) in [6, 6.07) is 12.2. The minimum absolute atomic E-state index is 0.554. The Morgan fingerprint density at radius 3 is 2.80 bits per heavy atom. The topological polar surface area (TPSA) is 23.8 Å². The molecule has 0 spiro atoms. The molecular formula is C12H8ClNS. The van der Waals surface area contributed by atoms with Crippen LogP contribution in [-0.2, 0) is 0 Å². The number of hydrogen-bond donors (Lipinski definition) is 0. The second-order valence-electron chi connectivity index (χ2n) is 3.20. The van der Waals surface area contributed by atoms with Crippen molar-refractivity contribution in [2.75, 3.05) is 0 Å². The van der Waals surface area contributed by atoms with Gasteiger partial charge in [-0.15, -0.1) is 11.3 Å². The highest BCUT2D eigenvalue weighted by Crippen LogP contribution is 2.33. The van der Waals surface area contributed by atoms with Crippen molar-refractivity contribution in [1.82, 2.24) is 0 Å². The van der Waals surface area contributed by atoms with E-state index in [1.165, 1.54) is 10.1 Å². The molecule has 0 fully saturated rings. The summed E-state index contributed by atoms with van der Waals surface area (Å²) < 4.78 is 1.19. The van der Waals surface area contributed by atoms with Crippen LogP contribution in [0.25, 0.3) is 15.1 Å². The van der Waals surface area contributed by atoms with Crippen LogP contribution in [0.5, 0.6) is 0 Å². The number of halogens is 1. The summed E-state index contributed by atoms with van der Waals surface area (Å²) in [5, 5.41) is 10.5. The number of rotatable bonds is 1. The molecule has 74 valence electrons. The summed E-state index contributed by atoms with van der Waals surface area (Å²) in [7, 11) is 0. The molecule has 0 aliphatic carbocycles. The van der Waals surface area contributed by atoms with Crippen LogP contribution in [0.2, 0.25) is 0 Å². The van der Waals surface area contributed by atoms with Gasteiger partial charge in [0, 0.05) is 15.2 Å². The van der Waals surface area contributed by atoms with Crippen LogP contribution in [0.3, 0.4) is 0 Å². The average molecular weight is 234 g/mol. The van der Waals surface area contributed by atoms with Crippen molar-refractivity contribution < 1.29 is 0 Å². The van der Waals surface area contributed by atoms with Gasteiger partial charge in [0.15, 0.2) is 0 Å². The highest BCUT2D eigenvalue weighted by atomic mass is 35.5.